The smallest absolute Gasteiger partial charge is 0.163 e. The Hall–Kier alpha value is -1.62. The maximum absolute atomic E-state index is 6.51. The van der Waals surface area contributed by atoms with Gasteiger partial charge in [-0.2, -0.15) is 0 Å². The predicted molar refractivity (Wildman–Crippen MR) is 125 cm³/mol. The van der Waals surface area contributed by atoms with Gasteiger partial charge in [0.25, 0.3) is 0 Å². The molecule has 3 aromatic carbocycles. The Labute approximate surface area is 196 Å². The van der Waals surface area contributed by atoms with Crippen molar-refractivity contribution in [3.63, 3.8) is 0 Å². The molecular weight excluding hydrogens is 464 g/mol. The molecular formula is C23H21Cl4NO2. The first-order valence-electron chi connectivity index (χ1n) is 9.44. The molecule has 3 rings (SSSR count). The number of benzene rings is 3. The summed E-state index contributed by atoms with van der Waals surface area (Å²) in [6, 6.07) is 16.7. The number of ether oxygens (including phenoxy) is 2. The van der Waals surface area contributed by atoms with Crippen LogP contribution in [0.25, 0.3) is 0 Å². The van der Waals surface area contributed by atoms with Gasteiger partial charge in [0.2, 0.25) is 0 Å². The Kier molecular flexibility index (Phi) is 8.55. The van der Waals surface area contributed by atoms with E-state index in [9.17, 15) is 0 Å². The van der Waals surface area contributed by atoms with Gasteiger partial charge in [0.1, 0.15) is 6.61 Å². The van der Waals surface area contributed by atoms with Crippen molar-refractivity contribution in [2.45, 2.75) is 26.6 Å². The first-order valence-corrected chi connectivity index (χ1v) is 11.0. The summed E-state index contributed by atoms with van der Waals surface area (Å²) >= 11 is 25.2. The van der Waals surface area contributed by atoms with Crippen molar-refractivity contribution in [2.75, 3.05) is 6.61 Å². The maximum Gasteiger partial charge on any atom is 0.163 e. The molecule has 0 spiro atoms. The molecule has 0 aliphatic heterocycles. The van der Waals surface area contributed by atoms with Crippen LogP contribution in [0.4, 0.5) is 0 Å². The zero-order chi connectivity index (χ0) is 21.5. The lowest BCUT2D eigenvalue weighted by molar-refractivity contribution is 0.269. The monoisotopic (exact) mass is 483 g/mol. The van der Waals surface area contributed by atoms with Crippen LogP contribution in [-0.4, -0.2) is 6.61 Å². The molecule has 0 unspecified atom stereocenters. The van der Waals surface area contributed by atoms with Gasteiger partial charge < -0.3 is 14.8 Å². The second kappa shape index (κ2) is 11.1. The topological polar surface area (TPSA) is 30.5 Å². The summed E-state index contributed by atoms with van der Waals surface area (Å²) in [7, 11) is 0. The van der Waals surface area contributed by atoms with Crippen LogP contribution in [0, 0.1) is 0 Å². The van der Waals surface area contributed by atoms with Crippen molar-refractivity contribution in [3.05, 3.63) is 91.4 Å². The van der Waals surface area contributed by atoms with Gasteiger partial charge in [-0.1, -0.05) is 70.7 Å². The summed E-state index contributed by atoms with van der Waals surface area (Å²) in [5, 5.41) is 5.76. The minimum absolute atomic E-state index is 0.207. The highest BCUT2D eigenvalue weighted by Gasteiger charge is 2.13. The van der Waals surface area contributed by atoms with Crippen LogP contribution in [0.3, 0.4) is 0 Å². The normalized spacial score (nSPS) is 10.8. The lowest BCUT2D eigenvalue weighted by atomic mass is 10.1. The van der Waals surface area contributed by atoms with E-state index < -0.39 is 0 Å². The highest BCUT2D eigenvalue weighted by Crippen LogP contribution is 2.35. The molecule has 0 fully saturated rings. The van der Waals surface area contributed by atoms with Crippen molar-refractivity contribution in [2.24, 2.45) is 0 Å². The van der Waals surface area contributed by atoms with E-state index in [0.29, 0.717) is 51.8 Å². The molecule has 0 bridgehead atoms. The minimum atomic E-state index is 0.207. The molecule has 1 N–H and O–H groups in total. The van der Waals surface area contributed by atoms with Gasteiger partial charge in [0, 0.05) is 44.8 Å². The van der Waals surface area contributed by atoms with Gasteiger partial charge in [0.05, 0.1) is 6.61 Å². The lowest BCUT2D eigenvalue weighted by Crippen LogP contribution is -2.13. The van der Waals surface area contributed by atoms with Crippen LogP contribution in [0.1, 0.15) is 23.6 Å². The van der Waals surface area contributed by atoms with Crippen molar-refractivity contribution >= 4 is 46.4 Å². The van der Waals surface area contributed by atoms with Crippen LogP contribution >= 0.6 is 46.4 Å². The number of nitrogens with one attached hydrogen (secondary N) is 1. The fourth-order valence-electron chi connectivity index (χ4n) is 2.89. The first kappa shape index (κ1) is 23.1. The predicted octanol–water partition coefficient (Wildman–Crippen LogP) is 7.57. The molecule has 3 nitrogen and oxygen atoms in total. The Balaban J connectivity index is 1.72. The van der Waals surface area contributed by atoms with Gasteiger partial charge in [-0.25, -0.2) is 0 Å². The second-order valence-corrected chi connectivity index (χ2v) is 8.14. The van der Waals surface area contributed by atoms with E-state index in [1.165, 1.54) is 0 Å². The van der Waals surface area contributed by atoms with E-state index in [-0.39, 0.29) is 6.61 Å². The fraction of sp³-hybridized carbons (Fsp3) is 0.217. The van der Waals surface area contributed by atoms with Gasteiger partial charge in [-0.3, -0.25) is 0 Å². The SMILES string of the molecule is CCOc1cc(CNCc2ccccc2Cl)c(Cl)cc1OCc1c(Cl)cccc1Cl. The molecule has 0 aliphatic carbocycles. The largest absolute Gasteiger partial charge is 0.490 e. The highest BCUT2D eigenvalue weighted by molar-refractivity contribution is 6.36. The number of hydrogen-bond acceptors (Lipinski definition) is 3. The third kappa shape index (κ3) is 5.96. The molecule has 0 heterocycles. The highest BCUT2D eigenvalue weighted by atomic mass is 35.5. The average molecular weight is 485 g/mol. The number of rotatable bonds is 9. The fourth-order valence-corrected chi connectivity index (χ4v) is 3.82. The van der Waals surface area contributed by atoms with E-state index in [1.807, 2.05) is 37.3 Å². The molecule has 3 aromatic rings. The molecule has 0 amide bonds. The minimum Gasteiger partial charge on any atom is -0.490 e. The third-order valence-corrected chi connectivity index (χ3v) is 5.86. The molecule has 30 heavy (non-hydrogen) atoms. The molecule has 0 aromatic heterocycles. The Morgan fingerprint density at radius 2 is 1.33 bits per heavy atom. The zero-order valence-electron chi connectivity index (χ0n) is 16.4. The van der Waals surface area contributed by atoms with E-state index in [4.69, 9.17) is 55.9 Å². The summed E-state index contributed by atoms with van der Waals surface area (Å²) in [4.78, 5) is 0. The van der Waals surface area contributed by atoms with Crippen molar-refractivity contribution in [1.29, 1.82) is 0 Å². The summed E-state index contributed by atoms with van der Waals surface area (Å²) < 4.78 is 11.7. The zero-order valence-corrected chi connectivity index (χ0v) is 19.4. The van der Waals surface area contributed by atoms with Gasteiger partial charge >= 0.3 is 0 Å². The summed E-state index contributed by atoms with van der Waals surface area (Å²) in [6.45, 7) is 3.80. The van der Waals surface area contributed by atoms with Crippen molar-refractivity contribution < 1.29 is 9.47 Å². The molecule has 0 atom stereocenters. The van der Waals surface area contributed by atoms with Gasteiger partial charge in [-0.15, -0.1) is 0 Å². The van der Waals surface area contributed by atoms with Crippen molar-refractivity contribution in [1.82, 2.24) is 5.32 Å². The standard InChI is InChI=1S/C23H21Cl4NO2/c1-2-29-22-10-16(13-28-12-15-6-3-4-7-18(15)24)21(27)11-23(22)30-14-17-19(25)8-5-9-20(17)26/h3-11,28H,2,12-14H2,1H3. The molecule has 0 saturated carbocycles. The summed E-state index contributed by atoms with van der Waals surface area (Å²) in [5.74, 6) is 1.15. The second-order valence-electron chi connectivity index (χ2n) is 6.51. The average Bonchev–Trinajstić information content (AvgIpc) is 2.72. The molecule has 7 heteroatoms. The Morgan fingerprint density at radius 3 is 2.03 bits per heavy atom. The van der Waals surface area contributed by atoms with E-state index in [2.05, 4.69) is 5.32 Å². The first-order chi connectivity index (χ1) is 14.5. The number of halogens is 4. The maximum atomic E-state index is 6.51. The van der Waals surface area contributed by atoms with Crippen molar-refractivity contribution in [3.8, 4) is 11.5 Å². The van der Waals surface area contributed by atoms with Crippen LogP contribution in [0.15, 0.2) is 54.6 Å². The van der Waals surface area contributed by atoms with Crippen LogP contribution in [-0.2, 0) is 19.7 Å². The number of hydrogen-bond donors (Lipinski definition) is 1. The molecule has 0 radical (unpaired) electrons. The summed E-state index contributed by atoms with van der Waals surface area (Å²) in [5.41, 5.74) is 2.64. The van der Waals surface area contributed by atoms with E-state index >= 15 is 0 Å². The van der Waals surface area contributed by atoms with Crippen LogP contribution in [0.2, 0.25) is 20.1 Å². The van der Waals surface area contributed by atoms with Gasteiger partial charge in [-0.05, 0) is 42.3 Å². The van der Waals surface area contributed by atoms with Crippen LogP contribution in [0.5, 0.6) is 11.5 Å². The quantitative estimate of drug-likeness (QED) is 0.339. The van der Waals surface area contributed by atoms with E-state index in [1.54, 1.807) is 24.3 Å². The lowest BCUT2D eigenvalue weighted by Gasteiger charge is -2.16. The molecule has 0 aliphatic rings. The molecule has 158 valence electrons. The third-order valence-electron chi connectivity index (χ3n) is 4.44. The summed E-state index contributed by atoms with van der Waals surface area (Å²) in [6.07, 6.45) is 0. The Bertz CT molecular complexity index is 990. The molecule has 0 saturated heterocycles. The Morgan fingerprint density at radius 1 is 0.700 bits per heavy atom. The van der Waals surface area contributed by atoms with Crippen LogP contribution < -0.4 is 14.8 Å². The van der Waals surface area contributed by atoms with E-state index in [0.717, 1.165) is 16.1 Å². The van der Waals surface area contributed by atoms with Gasteiger partial charge in [0.15, 0.2) is 11.5 Å².